The number of benzene rings is 1. The van der Waals surface area contributed by atoms with Crippen molar-refractivity contribution >= 4 is 17.3 Å². The molecule has 3 nitrogen and oxygen atoms in total. The van der Waals surface area contributed by atoms with E-state index < -0.39 is 6.43 Å². The Balaban J connectivity index is 2.16. The topological polar surface area (TPSA) is 39.2 Å². The van der Waals surface area contributed by atoms with Crippen molar-refractivity contribution < 1.29 is 18.3 Å². The fourth-order valence-electron chi connectivity index (χ4n) is 1.69. The minimum atomic E-state index is -2.51. The van der Waals surface area contributed by atoms with Crippen LogP contribution < -0.4 is 0 Å². The van der Waals surface area contributed by atoms with Crippen molar-refractivity contribution in [2.75, 3.05) is 6.61 Å². The molecule has 1 heterocycles. The number of halogens is 2. The van der Waals surface area contributed by atoms with Gasteiger partial charge in [-0.15, -0.1) is 11.3 Å². The van der Waals surface area contributed by atoms with Crippen LogP contribution in [0.1, 0.15) is 24.6 Å². The summed E-state index contributed by atoms with van der Waals surface area (Å²) in [7, 11) is 0. The summed E-state index contributed by atoms with van der Waals surface area (Å²) in [5, 5.41) is 2.35. The summed E-state index contributed by atoms with van der Waals surface area (Å²) in [4.78, 5) is 15.6. The van der Waals surface area contributed by atoms with E-state index in [1.54, 1.807) is 24.4 Å². The SMILES string of the molecule is CCOC(=O)Cc1csc(-c2cccc(C(F)F)c2)n1. The van der Waals surface area contributed by atoms with Gasteiger partial charge in [-0.05, 0) is 13.0 Å². The van der Waals surface area contributed by atoms with Crippen molar-refractivity contribution in [3.05, 3.63) is 40.9 Å². The predicted molar refractivity (Wildman–Crippen MR) is 72.8 cm³/mol. The molecule has 0 saturated carbocycles. The molecule has 0 aliphatic carbocycles. The van der Waals surface area contributed by atoms with Crippen molar-refractivity contribution in [3.8, 4) is 10.6 Å². The minimum Gasteiger partial charge on any atom is -0.466 e. The lowest BCUT2D eigenvalue weighted by Gasteiger charge is -2.01. The van der Waals surface area contributed by atoms with E-state index in [2.05, 4.69) is 4.98 Å². The van der Waals surface area contributed by atoms with Crippen LogP contribution in [-0.4, -0.2) is 17.6 Å². The molecule has 106 valence electrons. The molecule has 0 fully saturated rings. The number of aromatic nitrogens is 1. The Morgan fingerprint density at radius 1 is 1.45 bits per heavy atom. The van der Waals surface area contributed by atoms with Crippen LogP contribution >= 0.6 is 11.3 Å². The number of nitrogens with zero attached hydrogens (tertiary/aromatic N) is 1. The molecule has 0 N–H and O–H groups in total. The van der Waals surface area contributed by atoms with E-state index in [1.807, 2.05) is 0 Å². The summed E-state index contributed by atoms with van der Waals surface area (Å²) in [5.41, 5.74) is 1.18. The van der Waals surface area contributed by atoms with Crippen molar-refractivity contribution in [1.29, 1.82) is 0 Å². The summed E-state index contributed by atoms with van der Waals surface area (Å²) >= 11 is 1.32. The lowest BCUT2D eigenvalue weighted by atomic mass is 10.1. The first-order valence-electron chi connectivity index (χ1n) is 6.08. The monoisotopic (exact) mass is 297 g/mol. The summed E-state index contributed by atoms with van der Waals surface area (Å²) in [6.07, 6.45) is -2.41. The van der Waals surface area contributed by atoms with E-state index >= 15 is 0 Å². The smallest absolute Gasteiger partial charge is 0.311 e. The molecule has 0 spiro atoms. The third-order valence-electron chi connectivity index (χ3n) is 2.57. The van der Waals surface area contributed by atoms with Crippen LogP contribution in [0.4, 0.5) is 8.78 Å². The zero-order valence-corrected chi connectivity index (χ0v) is 11.6. The van der Waals surface area contributed by atoms with Crippen molar-refractivity contribution in [2.24, 2.45) is 0 Å². The van der Waals surface area contributed by atoms with Gasteiger partial charge in [0, 0.05) is 16.5 Å². The Kier molecular flexibility index (Phi) is 4.79. The van der Waals surface area contributed by atoms with Gasteiger partial charge in [0.1, 0.15) is 5.01 Å². The van der Waals surface area contributed by atoms with Crippen LogP contribution in [0.15, 0.2) is 29.6 Å². The maximum absolute atomic E-state index is 12.6. The molecule has 20 heavy (non-hydrogen) atoms. The van der Waals surface area contributed by atoms with Crippen LogP contribution in [0.2, 0.25) is 0 Å². The number of carbonyl (C=O) groups excluding carboxylic acids is 1. The molecule has 0 amide bonds. The van der Waals surface area contributed by atoms with Crippen LogP contribution in [0.3, 0.4) is 0 Å². The lowest BCUT2D eigenvalue weighted by molar-refractivity contribution is -0.142. The number of esters is 1. The number of ether oxygens (including phenoxy) is 1. The van der Waals surface area contributed by atoms with Crippen LogP contribution in [0, 0.1) is 0 Å². The molecule has 6 heteroatoms. The average Bonchev–Trinajstić information content (AvgIpc) is 2.87. The molecule has 1 aromatic heterocycles. The normalized spacial score (nSPS) is 10.8. The highest BCUT2D eigenvalue weighted by atomic mass is 32.1. The maximum Gasteiger partial charge on any atom is 0.311 e. The molecule has 0 radical (unpaired) electrons. The second kappa shape index (κ2) is 6.56. The van der Waals surface area contributed by atoms with Gasteiger partial charge in [0.05, 0.1) is 18.7 Å². The first kappa shape index (κ1) is 14.6. The van der Waals surface area contributed by atoms with Crippen molar-refractivity contribution in [3.63, 3.8) is 0 Å². The van der Waals surface area contributed by atoms with Gasteiger partial charge < -0.3 is 4.74 Å². The van der Waals surface area contributed by atoms with Gasteiger partial charge in [0.15, 0.2) is 0 Å². The lowest BCUT2D eigenvalue weighted by Crippen LogP contribution is -2.07. The third kappa shape index (κ3) is 3.60. The van der Waals surface area contributed by atoms with Gasteiger partial charge in [-0.1, -0.05) is 18.2 Å². The molecular weight excluding hydrogens is 284 g/mol. The second-order valence-electron chi connectivity index (χ2n) is 4.05. The molecule has 2 rings (SSSR count). The van der Waals surface area contributed by atoms with Crippen molar-refractivity contribution in [1.82, 2.24) is 4.98 Å². The number of thiazole rings is 1. The Morgan fingerprint density at radius 3 is 2.95 bits per heavy atom. The molecule has 0 unspecified atom stereocenters. The number of rotatable bonds is 5. The molecule has 2 aromatic rings. The molecule has 0 aliphatic heterocycles. The Bertz CT molecular complexity index is 598. The number of hydrogen-bond donors (Lipinski definition) is 0. The second-order valence-corrected chi connectivity index (χ2v) is 4.91. The van der Waals surface area contributed by atoms with E-state index in [9.17, 15) is 13.6 Å². The average molecular weight is 297 g/mol. The highest BCUT2D eigenvalue weighted by molar-refractivity contribution is 7.13. The highest BCUT2D eigenvalue weighted by Gasteiger charge is 2.12. The quantitative estimate of drug-likeness (QED) is 0.787. The zero-order chi connectivity index (χ0) is 14.5. The minimum absolute atomic E-state index is 0.0374. The number of carbonyl (C=O) groups is 1. The predicted octanol–water partition coefficient (Wildman–Crippen LogP) is 3.85. The first-order valence-corrected chi connectivity index (χ1v) is 6.96. The van der Waals surface area contributed by atoms with E-state index in [4.69, 9.17) is 4.74 Å². The van der Waals surface area contributed by atoms with E-state index in [1.165, 1.54) is 23.5 Å². The van der Waals surface area contributed by atoms with Crippen LogP contribution in [0.25, 0.3) is 10.6 Å². The third-order valence-corrected chi connectivity index (χ3v) is 3.51. The fraction of sp³-hybridized carbons (Fsp3) is 0.286. The standard InChI is InChI=1S/C14H13F2NO2S/c1-2-19-12(18)7-11-8-20-14(17-11)10-5-3-4-9(6-10)13(15)16/h3-6,8,13H,2,7H2,1H3. The van der Waals surface area contributed by atoms with Gasteiger partial charge in [-0.25, -0.2) is 13.8 Å². The van der Waals surface area contributed by atoms with E-state index in [0.717, 1.165) is 0 Å². The first-order chi connectivity index (χ1) is 9.60. The fourth-order valence-corrected chi connectivity index (χ4v) is 2.50. The van der Waals surface area contributed by atoms with Gasteiger partial charge in [-0.2, -0.15) is 0 Å². The Labute approximate surface area is 119 Å². The molecule has 0 saturated heterocycles. The summed E-state index contributed by atoms with van der Waals surface area (Å²) in [5.74, 6) is -0.342. The van der Waals surface area contributed by atoms with Gasteiger partial charge in [-0.3, -0.25) is 4.79 Å². The summed E-state index contributed by atoms with van der Waals surface area (Å²) in [6.45, 7) is 2.06. The van der Waals surface area contributed by atoms with Crippen LogP contribution in [-0.2, 0) is 16.0 Å². The summed E-state index contributed by atoms with van der Waals surface area (Å²) in [6, 6.07) is 6.08. The highest BCUT2D eigenvalue weighted by Crippen LogP contribution is 2.28. The Hall–Kier alpha value is -1.82. The summed E-state index contributed by atoms with van der Waals surface area (Å²) < 4.78 is 30.1. The van der Waals surface area contributed by atoms with Gasteiger partial charge >= 0.3 is 5.97 Å². The molecule has 0 bridgehead atoms. The Morgan fingerprint density at radius 2 is 2.25 bits per heavy atom. The molecule has 1 aromatic carbocycles. The van der Waals surface area contributed by atoms with E-state index in [0.29, 0.717) is 22.9 Å². The van der Waals surface area contributed by atoms with Crippen molar-refractivity contribution in [2.45, 2.75) is 19.8 Å². The van der Waals surface area contributed by atoms with Gasteiger partial charge in [0.25, 0.3) is 6.43 Å². The number of hydrogen-bond acceptors (Lipinski definition) is 4. The van der Waals surface area contributed by atoms with Gasteiger partial charge in [0.2, 0.25) is 0 Å². The number of alkyl halides is 2. The zero-order valence-electron chi connectivity index (χ0n) is 10.8. The largest absolute Gasteiger partial charge is 0.466 e. The molecule has 0 atom stereocenters. The van der Waals surface area contributed by atoms with E-state index in [-0.39, 0.29) is 18.0 Å². The van der Waals surface area contributed by atoms with Crippen LogP contribution in [0.5, 0.6) is 0 Å². The maximum atomic E-state index is 12.6. The molecular formula is C14H13F2NO2S. The molecule has 0 aliphatic rings.